The molecule has 2 heterocycles. The number of amides is 1. The van der Waals surface area contributed by atoms with E-state index in [0.29, 0.717) is 0 Å². The van der Waals surface area contributed by atoms with Crippen molar-refractivity contribution in [2.45, 2.75) is 45.6 Å². The van der Waals surface area contributed by atoms with Gasteiger partial charge >= 0.3 is 0 Å². The van der Waals surface area contributed by atoms with Crippen LogP contribution in [0.1, 0.15) is 49.5 Å². The number of carbonyl (C=O) groups is 1. The van der Waals surface area contributed by atoms with Crippen LogP contribution < -0.4 is 5.32 Å². The molecule has 3 rings (SSSR count). The molecule has 112 valence electrons. The maximum absolute atomic E-state index is 12.4. The summed E-state index contributed by atoms with van der Waals surface area (Å²) in [7, 11) is 0. The average molecular weight is 302 g/mol. The largest absolute Gasteiger partial charge is 0.350 e. The van der Waals surface area contributed by atoms with Crippen LogP contribution in [0.4, 0.5) is 0 Å². The van der Waals surface area contributed by atoms with Crippen molar-refractivity contribution in [3.8, 4) is 0 Å². The van der Waals surface area contributed by atoms with Gasteiger partial charge in [-0.25, -0.2) is 0 Å². The lowest BCUT2D eigenvalue weighted by molar-refractivity contribution is 0.0945. The molecule has 0 saturated heterocycles. The molecule has 2 aromatic rings. The second-order valence-corrected chi connectivity index (χ2v) is 6.51. The van der Waals surface area contributed by atoms with Gasteiger partial charge in [-0.1, -0.05) is 11.6 Å². The molecule has 4 heteroatoms. The number of aromatic nitrogens is 1. The van der Waals surface area contributed by atoms with Crippen molar-refractivity contribution in [1.29, 1.82) is 0 Å². The zero-order chi connectivity index (χ0) is 14.7. The highest BCUT2D eigenvalue weighted by molar-refractivity contribution is 7.17. The first-order chi connectivity index (χ1) is 10.3. The highest BCUT2D eigenvalue weighted by atomic mass is 32.1. The summed E-state index contributed by atoms with van der Waals surface area (Å²) >= 11 is 1.69. The molecular formula is C17H22N2OS. The molecule has 0 unspecified atom stereocenters. The molecule has 1 aliphatic carbocycles. The van der Waals surface area contributed by atoms with E-state index in [1.165, 1.54) is 41.5 Å². The van der Waals surface area contributed by atoms with Gasteiger partial charge in [0, 0.05) is 13.1 Å². The fourth-order valence-corrected chi connectivity index (χ4v) is 3.89. The summed E-state index contributed by atoms with van der Waals surface area (Å²) in [6.07, 6.45) is 8.37. The molecular weight excluding hydrogens is 280 g/mol. The number of nitrogens with zero attached hydrogens (tertiary/aromatic N) is 1. The molecule has 0 radical (unpaired) electrons. The van der Waals surface area contributed by atoms with Gasteiger partial charge in [-0.05, 0) is 56.5 Å². The van der Waals surface area contributed by atoms with Gasteiger partial charge in [0.15, 0.2) is 0 Å². The lowest BCUT2D eigenvalue weighted by Gasteiger charge is -2.13. The van der Waals surface area contributed by atoms with Crippen molar-refractivity contribution < 1.29 is 4.79 Å². The Kier molecular flexibility index (Phi) is 4.44. The second kappa shape index (κ2) is 6.48. The van der Waals surface area contributed by atoms with Crippen LogP contribution in [0.3, 0.4) is 0 Å². The Labute approximate surface area is 129 Å². The number of rotatable bonds is 5. The molecule has 0 aromatic carbocycles. The maximum Gasteiger partial charge on any atom is 0.267 e. The molecule has 0 aliphatic heterocycles. The van der Waals surface area contributed by atoms with E-state index in [-0.39, 0.29) is 5.91 Å². The molecule has 3 nitrogen and oxygen atoms in total. The third-order valence-corrected chi connectivity index (χ3v) is 5.04. The van der Waals surface area contributed by atoms with Crippen molar-refractivity contribution in [1.82, 2.24) is 9.88 Å². The van der Waals surface area contributed by atoms with Crippen molar-refractivity contribution in [3.05, 3.63) is 34.9 Å². The third-order valence-electron chi connectivity index (χ3n) is 4.19. The molecule has 1 amide bonds. The first-order valence-electron chi connectivity index (χ1n) is 7.82. The van der Waals surface area contributed by atoms with Crippen LogP contribution in [-0.4, -0.2) is 17.0 Å². The highest BCUT2D eigenvalue weighted by Crippen LogP contribution is 2.25. The van der Waals surface area contributed by atoms with Gasteiger partial charge in [0.2, 0.25) is 0 Å². The summed E-state index contributed by atoms with van der Waals surface area (Å²) in [5, 5.41) is 5.15. The lowest BCUT2D eigenvalue weighted by atomic mass is 9.97. The van der Waals surface area contributed by atoms with Crippen molar-refractivity contribution in [2.24, 2.45) is 0 Å². The monoisotopic (exact) mass is 302 g/mol. The van der Waals surface area contributed by atoms with Gasteiger partial charge in [0.05, 0.1) is 10.2 Å². The van der Waals surface area contributed by atoms with E-state index in [1.807, 2.05) is 6.07 Å². The number of nitrogens with one attached hydrogen (secondary N) is 1. The molecule has 0 bridgehead atoms. The summed E-state index contributed by atoms with van der Waals surface area (Å²) in [5.41, 5.74) is 3.47. The highest BCUT2D eigenvalue weighted by Gasteiger charge is 2.15. The summed E-state index contributed by atoms with van der Waals surface area (Å²) in [6.45, 7) is 3.65. The normalized spacial score (nSPS) is 15.2. The Hall–Kier alpha value is -1.55. The first-order valence-corrected chi connectivity index (χ1v) is 8.70. The van der Waals surface area contributed by atoms with E-state index < -0.39 is 0 Å². The van der Waals surface area contributed by atoms with E-state index in [4.69, 9.17) is 0 Å². The maximum atomic E-state index is 12.4. The van der Waals surface area contributed by atoms with Gasteiger partial charge in [-0.15, -0.1) is 11.3 Å². The standard InChI is InChI=1S/C17H22N2OS/c1-2-19-14-9-11-21-16(14)12-15(19)17(20)18-10-8-13-6-4-3-5-7-13/h6,9,11-12H,2-5,7-8,10H2,1H3,(H,18,20). The summed E-state index contributed by atoms with van der Waals surface area (Å²) in [4.78, 5) is 12.4. The van der Waals surface area contributed by atoms with E-state index in [0.717, 1.165) is 25.2 Å². The Morgan fingerprint density at radius 1 is 1.43 bits per heavy atom. The molecule has 0 saturated carbocycles. The van der Waals surface area contributed by atoms with Crippen LogP contribution in [0.25, 0.3) is 10.2 Å². The van der Waals surface area contributed by atoms with Crippen molar-refractivity contribution in [3.63, 3.8) is 0 Å². The van der Waals surface area contributed by atoms with Crippen molar-refractivity contribution >= 4 is 27.5 Å². The number of allylic oxidation sites excluding steroid dienone is 1. The number of hydrogen-bond donors (Lipinski definition) is 1. The smallest absolute Gasteiger partial charge is 0.267 e. The Balaban J connectivity index is 1.63. The zero-order valence-electron chi connectivity index (χ0n) is 12.5. The SMILES string of the molecule is CCn1c(C(=O)NCCC2=CCCCC2)cc2sccc21. The summed E-state index contributed by atoms with van der Waals surface area (Å²) in [5.74, 6) is 0.0525. The van der Waals surface area contributed by atoms with Gasteiger partial charge < -0.3 is 9.88 Å². The van der Waals surface area contributed by atoms with Gasteiger partial charge in [0.25, 0.3) is 5.91 Å². The predicted molar refractivity (Wildman–Crippen MR) is 89.0 cm³/mol. The minimum absolute atomic E-state index is 0.0525. The molecule has 21 heavy (non-hydrogen) atoms. The number of aryl methyl sites for hydroxylation is 1. The fourth-order valence-electron chi connectivity index (χ4n) is 3.06. The molecule has 0 atom stereocenters. The number of thiophene rings is 1. The van der Waals surface area contributed by atoms with E-state index in [2.05, 4.69) is 34.3 Å². The van der Waals surface area contributed by atoms with Crippen LogP contribution in [-0.2, 0) is 6.54 Å². The van der Waals surface area contributed by atoms with Gasteiger partial charge in [-0.2, -0.15) is 0 Å². The van der Waals surface area contributed by atoms with Crippen LogP contribution >= 0.6 is 11.3 Å². The fraction of sp³-hybridized carbons (Fsp3) is 0.471. The quantitative estimate of drug-likeness (QED) is 0.819. The van der Waals surface area contributed by atoms with E-state index in [1.54, 1.807) is 11.3 Å². The Bertz CT molecular complexity index is 665. The Morgan fingerprint density at radius 3 is 3.10 bits per heavy atom. The summed E-state index contributed by atoms with van der Waals surface area (Å²) < 4.78 is 3.29. The van der Waals surface area contributed by atoms with Crippen LogP contribution in [0, 0.1) is 0 Å². The number of carbonyl (C=O) groups excluding carboxylic acids is 1. The van der Waals surface area contributed by atoms with Crippen LogP contribution in [0.15, 0.2) is 29.2 Å². The predicted octanol–water partition coefficient (Wildman–Crippen LogP) is 4.34. The first kappa shape index (κ1) is 14.4. The third kappa shape index (κ3) is 3.05. The minimum atomic E-state index is 0.0525. The second-order valence-electron chi connectivity index (χ2n) is 5.56. The summed E-state index contributed by atoms with van der Waals surface area (Å²) in [6, 6.07) is 4.10. The number of fused-ring (bicyclic) bond motifs is 1. The zero-order valence-corrected chi connectivity index (χ0v) is 13.3. The average Bonchev–Trinajstić information content (AvgIpc) is 3.08. The van der Waals surface area contributed by atoms with Gasteiger partial charge in [0.1, 0.15) is 5.69 Å². The van der Waals surface area contributed by atoms with Crippen LogP contribution in [0.5, 0.6) is 0 Å². The molecule has 1 aliphatic rings. The molecule has 1 N–H and O–H groups in total. The minimum Gasteiger partial charge on any atom is -0.350 e. The van der Waals surface area contributed by atoms with Crippen LogP contribution in [0.2, 0.25) is 0 Å². The molecule has 2 aromatic heterocycles. The lowest BCUT2D eigenvalue weighted by Crippen LogP contribution is -2.27. The van der Waals surface area contributed by atoms with Gasteiger partial charge in [-0.3, -0.25) is 4.79 Å². The van der Waals surface area contributed by atoms with E-state index in [9.17, 15) is 4.79 Å². The Morgan fingerprint density at radius 2 is 2.33 bits per heavy atom. The van der Waals surface area contributed by atoms with E-state index >= 15 is 0 Å². The molecule has 0 spiro atoms. The van der Waals surface area contributed by atoms with Crippen molar-refractivity contribution in [2.75, 3.05) is 6.54 Å². The number of hydrogen-bond acceptors (Lipinski definition) is 2. The molecule has 0 fully saturated rings. The topological polar surface area (TPSA) is 34.0 Å².